The Bertz CT molecular complexity index is 793. The van der Waals surface area contributed by atoms with Crippen molar-refractivity contribution < 1.29 is 8.42 Å². The summed E-state index contributed by atoms with van der Waals surface area (Å²) in [4.78, 5) is 0. The Hall–Kier alpha value is -1.82. The van der Waals surface area contributed by atoms with Crippen molar-refractivity contribution in [3.05, 3.63) is 35.4 Å². The Balaban J connectivity index is 1.98. The van der Waals surface area contributed by atoms with E-state index in [2.05, 4.69) is 11.2 Å². The first-order valence-corrected chi connectivity index (χ1v) is 8.81. The minimum Gasteiger partial charge on any atom is -0.384 e. The highest BCUT2D eigenvalue weighted by molar-refractivity contribution is 7.91. The standard InChI is InChI=1S/C15H19N3O2S/c1-10-3-4-13(11(2)7-10)14-8-15(16)18(17-14)12-5-6-21(19,20)9-12/h3-4,7-8,12H,5-6,9,16H2,1-2H3/t12-/m1/s1. The Morgan fingerprint density at radius 1 is 1.29 bits per heavy atom. The Kier molecular flexibility index (Phi) is 3.28. The molecule has 0 saturated carbocycles. The molecule has 1 fully saturated rings. The van der Waals surface area contributed by atoms with E-state index in [0.29, 0.717) is 12.2 Å². The van der Waals surface area contributed by atoms with Crippen molar-refractivity contribution in [3.63, 3.8) is 0 Å². The van der Waals surface area contributed by atoms with Crippen LogP contribution in [0.15, 0.2) is 24.3 Å². The number of hydrogen-bond acceptors (Lipinski definition) is 4. The van der Waals surface area contributed by atoms with Gasteiger partial charge in [-0.05, 0) is 25.8 Å². The lowest BCUT2D eigenvalue weighted by Crippen LogP contribution is -2.14. The molecule has 1 aromatic carbocycles. The van der Waals surface area contributed by atoms with E-state index in [9.17, 15) is 8.42 Å². The van der Waals surface area contributed by atoms with Gasteiger partial charge in [-0.25, -0.2) is 13.1 Å². The number of nitrogen functional groups attached to an aromatic ring is 1. The molecule has 3 rings (SSSR count). The van der Waals surface area contributed by atoms with Crippen LogP contribution in [0.2, 0.25) is 0 Å². The summed E-state index contributed by atoms with van der Waals surface area (Å²) >= 11 is 0. The molecule has 2 heterocycles. The largest absolute Gasteiger partial charge is 0.384 e. The van der Waals surface area contributed by atoms with Crippen molar-refractivity contribution in [3.8, 4) is 11.3 Å². The third-order valence-corrected chi connectivity index (χ3v) is 5.73. The molecule has 1 aromatic heterocycles. The summed E-state index contributed by atoms with van der Waals surface area (Å²) in [5, 5.41) is 4.55. The zero-order chi connectivity index (χ0) is 15.2. The average molecular weight is 305 g/mol. The predicted molar refractivity (Wildman–Crippen MR) is 83.9 cm³/mol. The van der Waals surface area contributed by atoms with E-state index in [1.807, 2.05) is 32.0 Å². The summed E-state index contributed by atoms with van der Waals surface area (Å²) in [6.45, 7) is 4.09. The van der Waals surface area contributed by atoms with E-state index in [1.54, 1.807) is 4.68 Å². The highest BCUT2D eigenvalue weighted by Crippen LogP contribution is 2.30. The SMILES string of the molecule is Cc1ccc(-c2cc(N)n([C@@H]3CCS(=O)(=O)C3)n2)c(C)c1. The van der Waals surface area contributed by atoms with E-state index < -0.39 is 9.84 Å². The number of hydrogen-bond donors (Lipinski definition) is 1. The highest BCUT2D eigenvalue weighted by Gasteiger charge is 2.31. The third kappa shape index (κ3) is 2.68. The van der Waals surface area contributed by atoms with E-state index in [1.165, 1.54) is 5.56 Å². The maximum Gasteiger partial charge on any atom is 0.152 e. The lowest BCUT2D eigenvalue weighted by atomic mass is 10.0. The molecular weight excluding hydrogens is 286 g/mol. The Morgan fingerprint density at radius 3 is 2.67 bits per heavy atom. The summed E-state index contributed by atoms with van der Waals surface area (Å²) in [7, 11) is -2.95. The number of nitrogens with zero attached hydrogens (tertiary/aromatic N) is 2. The fourth-order valence-corrected chi connectivity index (χ4v) is 4.59. The van der Waals surface area contributed by atoms with Gasteiger partial charge in [0.15, 0.2) is 9.84 Å². The van der Waals surface area contributed by atoms with Crippen molar-refractivity contribution in [2.45, 2.75) is 26.3 Å². The summed E-state index contributed by atoms with van der Waals surface area (Å²) in [5.74, 6) is 0.869. The first kappa shape index (κ1) is 14.1. The van der Waals surface area contributed by atoms with Crippen LogP contribution in [0, 0.1) is 13.8 Å². The van der Waals surface area contributed by atoms with Crippen molar-refractivity contribution >= 4 is 15.7 Å². The topological polar surface area (TPSA) is 78.0 Å². The molecule has 0 aliphatic carbocycles. The molecule has 1 aliphatic rings. The minimum atomic E-state index is -2.95. The number of aryl methyl sites for hydroxylation is 2. The average Bonchev–Trinajstić information content (AvgIpc) is 2.92. The number of sulfone groups is 1. The van der Waals surface area contributed by atoms with Crippen molar-refractivity contribution in [1.82, 2.24) is 9.78 Å². The summed E-state index contributed by atoms with van der Waals surface area (Å²) in [6.07, 6.45) is 0.584. The molecular formula is C15H19N3O2S. The number of benzene rings is 1. The van der Waals surface area contributed by atoms with Crippen LogP contribution >= 0.6 is 0 Å². The lowest BCUT2D eigenvalue weighted by molar-refractivity contribution is 0.508. The Morgan fingerprint density at radius 2 is 2.05 bits per heavy atom. The second kappa shape index (κ2) is 4.87. The molecule has 1 aliphatic heterocycles. The molecule has 2 N–H and O–H groups in total. The van der Waals surface area contributed by atoms with Gasteiger partial charge in [0.25, 0.3) is 0 Å². The lowest BCUT2D eigenvalue weighted by Gasteiger charge is -2.10. The zero-order valence-electron chi connectivity index (χ0n) is 12.2. The normalized spacial score (nSPS) is 20.8. The molecule has 112 valence electrons. The first-order valence-electron chi connectivity index (χ1n) is 6.99. The molecule has 0 bridgehead atoms. The molecule has 21 heavy (non-hydrogen) atoms. The van der Waals surface area contributed by atoms with Gasteiger partial charge in [0.05, 0.1) is 23.2 Å². The van der Waals surface area contributed by atoms with Crippen molar-refractivity contribution in [1.29, 1.82) is 0 Å². The number of nitrogens with two attached hydrogens (primary N) is 1. The van der Waals surface area contributed by atoms with Crippen LogP contribution in [0.3, 0.4) is 0 Å². The van der Waals surface area contributed by atoms with Crippen LogP contribution in [-0.4, -0.2) is 29.7 Å². The van der Waals surface area contributed by atoms with Crippen molar-refractivity contribution in [2.24, 2.45) is 0 Å². The van der Waals surface area contributed by atoms with Gasteiger partial charge in [-0.3, -0.25) is 0 Å². The van der Waals surface area contributed by atoms with Crippen LogP contribution in [0.5, 0.6) is 0 Å². The molecule has 0 radical (unpaired) electrons. The third-order valence-electron chi connectivity index (χ3n) is 3.98. The van der Waals surface area contributed by atoms with E-state index >= 15 is 0 Å². The van der Waals surface area contributed by atoms with Gasteiger partial charge in [0.2, 0.25) is 0 Å². The molecule has 2 aromatic rings. The summed E-state index contributed by atoms with van der Waals surface area (Å²) in [6, 6.07) is 7.85. The fraction of sp³-hybridized carbons (Fsp3) is 0.400. The molecule has 5 nitrogen and oxygen atoms in total. The zero-order valence-corrected chi connectivity index (χ0v) is 13.0. The predicted octanol–water partition coefficient (Wildman–Crippen LogP) is 2.11. The van der Waals surface area contributed by atoms with E-state index in [4.69, 9.17) is 5.73 Å². The first-order chi connectivity index (χ1) is 9.85. The van der Waals surface area contributed by atoms with Crippen LogP contribution < -0.4 is 5.73 Å². The van der Waals surface area contributed by atoms with E-state index in [-0.39, 0.29) is 17.5 Å². The Labute approximate surface area is 124 Å². The molecule has 1 saturated heterocycles. The second-order valence-electron chi connectivity index (χ2n) is 5.77. The van der Waals surface area contributed by atoms with Gasteiger partial charge < -0.3 is 5.73 Å². The van der Waals surface area contributed by atoms with Crippen molar-refractivity contribution in [2.75, 3.05) is 17.2 Å². The number of anilines is 1. The summed E-state index contributed by atoms with van der Waals surface area (Å²) < 4.78 is 24.9. The van der Waals surface area contributed by atoms with Crippen LogP contribution in [0.4, 0.5) is 5.82 Å². The molecule has 0 unspecified atom stereocenters. The molecule has 0 amide bonds. The minimum absolute atomic E-state index is 0.130. The van der Waals surface area contributed by atoms with Crippen LogP contribution in [-0.2, 0) is 9.84 Å². The molecule has 1 atom stereocenters. The monoisotopic (exact) mass is 305 g/mol. The molecule has 6 heteroatoms. The van der Waals surface area contributed by atoms with Gasteiger partial charge in [-0.15, -0.1) is 0 Å². The van der Waals surface area contributed by atoms with Gasteiger partial charge in [-0.2, -0.15) is 5.10 Å². The van der Waals surface area contributed by atoms with Gasteiger partial charge in [0, 0.05) is 11.6 Å². The van der Waals surface area contributed by atoms with Crippen LogP contribution in [0.25, 0.3) is 11.3 Å². The summed E-state index contributed by atoms with van der Waals surface area (Å²) in [5.41, 5.74) is 10.2. The van der Waals surface area contributed by atoms with Gasteiger partial charge in [0.1, 0.15) is 5.82 Å². The smallest absolute Gasteiger partial charge is 0.152 e. The maximum absolute atomic E-state index is 11.6. The fourth-order valence-electron chi connectivity index (χ4n) is 2.90. The molecule has 0 spiro atoms. The highest BCUT2D eigenvalue weighted by atomic mass is 32.2. The number of rotatable bonds is 2. The van der Waals surface area contributed by atoms with Crippen LogP contribution in [0.1, 0.15) is 23.6 Å². The van der Waals surface area contributed by atoms with Gasteiger partial charge >= 0.3 is 0 Å². The van der Waals surface area contributed by atoms with Gasteiger partial charge in [-0.1, -0.05) is 23.8 Å². The second-order valence-corrected chi connectivity index (χ2v) is 8.00. The maximum atomic E-state index is 11.6. The quantitative estimate of drug-likeness (QED) is 0.921. The number of aromatic nitrogens is 2. The van der Waals surface area contributed by atoms with E-state index in [0.717, 1.165) is 16.8 Å².